The van der Waals surface area contributed by atoms with Crippen LogP contribution in [-0.2, 0) is 42.7 Å². The van der Waals surface area contributed by atoms with Gasteiger partial charge < -0.3 is 48.7 Å². The molecule has 2 heterocycles. The quantitative estimate of drug-likeness (QED) is 0.170. The fourth-order valence-electron chi connectivity index (χ4n) is 9.95. The number of hydrogen-bond donors (Lipinski definition) is 3. The number of fused-ring (bicyclic) bond motifs is 8. The summed E-state index contributed by atoms with van der Waals surface area (Å²) < 4.78 is 71.6. The molecule has 314 valence electrons. The summed E-state index contributed by atoms with van der Waals surface area (Å²) in [4.78, 5) is 53.5. The van der Waals surface area contributed by atoms with Gasteiger partial charge in [-0.15, -0.1) is 0 Å². The van der Waals surface area contributed by atoms with Crippen LogP contribution in [0.3, 0.4) is 0 Å². The van der Waals surface area contributed by atoms with Gasteiger partial charge in [0.25, 0.3) is 6.43 Å². The van der Waals surface area contributed by atoms with E-state index in [1.165, 1.54) is 26.8 Å². The number of alkyl carbamates (subject to hydrolysis) is 1. The maximum Gasteiger partial charge on any atom is 0.407 e. The predicted octanol–water partition coefficient (Wildman–Crippen LogP) is 4.55. The Labute approximate surface area is 330 Å². The highest BCUT2D eigenvalue weighted by Crippen LogP contribution is 2.66. The lowest BCUT2D eigenvalue weighted by atomic mass is 9.45. The first-order chi connectivity index (χ1) is 26.5. The lowest BCUT2D eigenvalue weighted by Crippen LogP contribution is -2.79. The van der Waals surface area contributed by atoms with Gasteiger partial charge in [0.2, 0.25) is 0 Å². The number of amides is 1. The van der Waals surface area contributed by atoms with Gasteiger partial charge in [0, 0.05) is 24.2 Å². The fraction of sp³-hybridized carbons (Fsp3) is 0.659. The summed E-state index contributed by atoms with van der Waals surface area (Å²) >= 11 is 0. The van der Waals surface area contributed by atoms with Crippen LogP contribution < -0.4 is 5.32 Å². The molecule has 0 radical (unpaired) electrons. The van der Waals surface area contributed by atoms with E-state index in [0.29, 0.717) is 24.0 Å². The summed E-state index contributed by atoms with van der Waals surface area (Å²) in [6, 6.07) is 5.64. The highest BCUT2D eigenvalue weighted by atomic mass is 19.3. The zero-order chi connectivity index (χ0) is 42.0. The lowest BCUT2D eigenvalue weighted by molar-refractivity contribution is -0.345. The summed E-state index contributed by atoms with van der Waals surface area (Å²) in [5.41, 5.74) is -8.15. The molecule has 6 rings (SSSR count). The van der Waals surface area contributed by atoms with Crippen LogP contribution >= 0.6 is 0 Å². The summed E-state index contributed by atoms with van der Waals surface area (Å²) in [6.07, 6.45) is -10.1. The third-order valence-electron chi connectivity index (χ3n) is 12.8. The topological polar surface area (TPSA) is 185 Å². The standard InChI is InChI=1S/C41H53F2NO13/c1-10-26-54-28-27-21(4)24(53-35(47)39(9,49)30(33(42)43)44-36(48)52-20(2)3)18-41(50,37(27,6)7)32(56-34(46)23-14-12-11-13-15-23)29-38(8,31(28)55-26)17-16-25-40(29,19-51-25)57-22(5)45/h10-15,20,24-26,28-33,49-50H,1,16-19H2,2-9H3,(H,44,48)/t24-,25+,26+,28+,29-,30-,31+,32-,38+,39+,40-,41+/m0/s1. The zero-order valence-corrected chi connectivity index (χ0v) is 33.4. The molecule has 0 spiro atoms. The summed E-state index contributed by atoms with van der Waals surface area (Å²) in [5.74, 6) is -4.02. The third kappa shape index (κ3) is 6.94. The van der Waals surface area contributed by atoms with Crippen LogP contribution in [0.15, 0.2) is 54.1 Å². The zero-order valence-electron chi connectivity index (χ0n) is 33.4. The Kier molecular flexibility index (Phi) is 11.2. The van der Waals surface area contributed by atoms with Gasteiger partial charge in [-0.05, 0) is 69.9 Å². The number of benzene rings is 1. The minimum Gasteiger partial charge on any atom is -0.456 e. The number of nitrogens with one attached hydrogen (secondary N) is 1. The lowest BCUT2D eigenvalue weighted by Gasteiger charge is -2.68. The molecular formula is C41H53F2NO13. The number of hydrogen-bond acceptors (Lipinski definition) is 13. The molecule has 4 fully saturated rings. The average molecular weight is 806 g/mol. The first-order valence-electron chi connectivity index (χ1n) is 19.2. The van der Waals surface area contributed by atoms with Crippen LogP contribution in [0.1, 0.15) is 85.0 Å². The summed E-state index contributed by atoms with van der Waals surface area (Å²) in [7, 11) is 0. The minimum absolute atomic E-state index is 0.0964. The molecule has 1 amide bonds. The molecule has 0 aromatic heterocycles. The molecule has 57 heavy (non-hydrogen) atoms. The maximum absolute atomic E-state index is 14.5. The van der Waals surface area contributed by atoms with Gasteiger partial charge in [-0.2, -0.15) is 0 Å². The van der Waals surface area contributed by atoms with Crippen molar-refractivity contribution in [3.05, 3.63) is 59.7 Å². The normalized spacial score (nSPS) is 36.8. The van der Waals surface area contributed by atoms with Crippen LogP contribution in [-0.4, -0.2) is 113 Å². The molecule has 3 N–H and O–H groups in total. The van der Waals surface area contributed by atoms with Gasteiger partial charge in [-0.1, -0.05) is 45.5 Å². The van der Waals surface area contributed by atoms with Crippen molar-refractivity contribution in [2.24, 2.45) is 16.7 Å². The van der Waals surface area contributed by atoms with Gasteiger partial charge in [-0.25, -0.2) is 23.2 Å². The van der Waals surface area contributed by atoms with Crippen LogP contribution in [0.5, 0.6) is 0 Å². The molecule has 5 aliphatic rings. The molecule has 1 aromatic rings. The van der Waals surface area contributed by atoms with E-state index in [1.54, 1.807) is 51.1 Å². The number of carbonyl (C=O) groups excluding carboxylic acids is 4. The number of alkyl halides is 2. The number of carbonyl (C=O) groups is 4. The van der Waals surface area contributed by atoms with Gasteiger partial charge >= 0.3 is 24.0 Å². The monoisotopic (exact) mass is 805 g/mol. The Morgan fingerprint density at radius 3 is 2.32 bits per heavy atom. The molecule has 3 aliphatic carbocycles. The van der Waals surface area contributed by atoms with Crippen LogP contribution in [0.25, 0.3) is 0 Å². The van der Waals surface area contributed by atoms with Crippen molar-refractivity contribution >= 4 is 24.0 Å². The van der Waals surface area contributed by atoms with Gasteiger partial charge in [-0.3, -0.25) is 4.79 Å². The predicted molar refractivity (Wildman–Crippen MR) is 196 cm³/mol. The second-order valence-corrected chi connectivity index (χ2v) is 17.1. The smallest absolute Gasteiger partial charge is 0.407 e. The Morgan fingerprint density at radius 2 is 1.75 bits per heavy atom. The summed E-state index contributed by atoms with van der Waals surface area (Å²) in [6.45, 7) is 15.8. The second kappa shape index (κ2) is 15.0. The molecule has 2 bridgehead atoms. The number of ether oxygens (including phenoxy) is 7. The molecule has 2 saturated heterocycles. The van der Waals surface area contributed by atoms with Crippen molar-refractivity contribution in [3.8, 4) is 0 Å². The number of esters is 3. The maximum atomic E-state index is 14.5. The third-order valence-corrected chi connectivity index (χ3v) is 12.8. The van der Waals surface area contributed by atoms with Gasteiger partial charge in [0.05, 0.1) is 30.3 Å². The van der Waals surface area contributed by atoms with E-state index in [1.807, 2.05) is 12.2 Å². The van der Waals surface area contributed by atoms with E-state index in [4.69, 9.17) is 33.2 Å². The molecule has 12 atom stereocenters. The van der Waals surface area contributed by atoms with Crippen molar-refractivity contribution in [1.29, 1.82) is 0 Å². The van der Waals surface area contributed by atoms with Crippen molar-refractivity contribution in [2.75, 3.05) is 6.61 Å². The Bertz CT molecular complexity index is 1800. The van der Waals surface area contributed by atoms with Crippen molar-refractivity contribution < 1.29 is 71.3 Å². The van der Waals surface area contributed by atoms with Crippen molar-refractivity contribution in [2.45, 2.75) is 147 Å². The van der Waals surface area contributed by atoms with Crippen LogP contribution in [0.2, 0.25) is 0 Å². The molecule has 2 saturated carbocycles. The first kappa shape index (κ1) is 42.6. The van der Waals surface area contributed by atoms with E-state index in [-0.39, 0.29) is 12.2 Å². The highest BCUT2D eigenvalue weighted by Gasteiger charge is 2.77. The average Bonchev–Trinajstić information content (AvgIpc) is 3.55. The van der Waals surface area contributed by atoms with E-state index < -0.39 is 119 Å². The van der Waals surface area contributed by atoms with Gasteiger partial charge in [0.15, 0.2) is 17.5 Å². The molecular weight excluding hydrogens is 752 g/mol. The SMILES string of the molecule is C=C[C@@H]1O[C@@H]2C3=C(C)[C@@H](OC(=O)[C@](C)(O)[C@@H](NC(=O)OC(C)C)C(F)F)C[C@@](O)([C@@H](OC(=O)c4ccccc4)[C@H]4[C@@](C)(CC[C@H]5OC[C@]54OC(C)=O)[C@@H]2O1)C3(C)C. The largest absolute Gasteiger partial charge is 0.456 e. The first-order valence-corrected chi connectivity index (χ1v) is 19.2. The highest BCUT2D eigenvalue weighted by molar-refractivity contribution is 5.89. The number of rotatable bonds is 10. The fourth-order valence-corrected chi connectivity index (χ4v) is 9.95. The van der Waals surface area contributed by atoms with Gasteiger partial charge in [0.1, 0.15) is 36.1 Å². The Hall–Kier alpha value is -3.96. The van der Waals surface area contributed by atoms with Crippen molar-refractivity contribution in [3.63, 3.8) is 0 Å². The Morgan fingerprint density at radius 1 is 1.09 bits per heavy atom. The molecule has 0 unspecified atom stereocenters. The number of aliphatic hydroxyl groups is 2. The number of halogens is 2. The van der Waals surface area contributed by atoms with Crippen molar-refractivity contribution in [1.82, 2.24) is 5.32 Å². The second-order valence-electron chi connectivity index (χ2n) is 17.1. The van der Waals surface area contributed by atoms with E-state index >= 15 is 0 Å². The minimum atomic E-state index is -3.45. The van der Waals surface area contributed by atoms with Crippen LogP contribution in [0.4, 0.5) is 13.6 Å². The molecule has 1 aromatic carbocycles. The van der Waals surface area contributed by atoms with Crippen LogP contribution in [0, 0.1) is 16.7 Å². The summed E-state index contributed by atoms with van der Waals surface area (Å²) in [5, 5.41) is 26.9. The molecule has 14 nitrogen and oxygen atoms in total. The van der Waals surface area contributed by atoms with E-state index in [0.717, 1.165) is 6.92 Å². The molecule has 16 heteroatoms. The molecule has 2 aliphatic heterocycles. The van der Waals surface area contributed by atoms with E-state index in [9.17, 15) is 38.2 Å². The Balaban J connectivity index is 1.54. The van der Waals surface area contributed by atoms with E-state index in [2.05, 4.69) is 6.58 Å².